The summed E-state index contributed by atoms with van der Waals surface area (Å²) >= 11 is 0. The van der Waals surface area contributed by atoms with Crippen LogP contribution in [0.5, 0.6) is 5.75 Å². The fraction of sp³-hybridized carbons (Fsp3) is 0.647. The normalized spacial score (nSPS) is 14.1. The molecule has 108 valence electrons. The average molecular weight is 263 g/mol. The van der Waals surface area contributed by atoms with Crippen molar-refractivity contribution in [3.05, 3.63) is 29.8 Å². The van der Waals surface area contributed by atoms with Gasteiger partial charge in [0.1, 0.15) is 11.9 Å². The minimum absolute atomic E-state index is 0.204. The molecule has 0 fully saturated rings. The molecule has 0 saturated heterocycles. The van der Waals surface area contributed by atoms with E-state index in [0.29, 0.717) is 6.04 Å². The van der Waals surface area contributed by atoms with E-state index in [1.165, 1.54) is 24.8 Å². The van der Waals surface area contributed by atoms with Gasteiger partial charge in [-0.1, -0.05) is 32.4 Å². The molecule has 0 aliphatic carbocycles. The van der Waals surface area contributed by atoms with E-state index in [1.807, 2.05) is 0 Å². The summed E-state index contributed by atoms with van der Waals surface area (Å²) in [4.78, 5) is 0. The first-order valence-corrected chi connectivity index (χ1v) is 7.64. The fourth-order valence-electron chi connectivity index (χ4n) is 1.90. The predicted octanol–water partition coefficient (Wildman–Crippen LogP) is 4.18. The Balaban J connectivity index is 2.35. The Labute approximate surface area is 118 Å². The molecule has 0 heterocycles. The van der Waals surface area contributed by atoms with E-state index >= 15 is 0 Å². The molecule has 0 aliphatic heterocycles. The Bertz CT molecular complexity index is 334. The average Bonchev–Trinajstić information content (AvgIpc) is 2.44. The Hall–Kier alpha value is -1.02. The minimum atomic E-state index is 0.204. The molecule has 0 bridgehead atoms. The Morgan fingerprint density at radius 2 is 1.79 bits per heavy atom. The number of benzene rings is 1. The first kappa shape index (κ1) is 16.0. The summed E-state index contributed by atoms with van der Waals surface area (Å²) in [5.41, 5.74) is 1.40. The first-order chi connectivity index (χ1) is 9.15. The molecule has 2 nitrogen and oxygen atoms in total. The lowest BCUT2D eigenvalue weighted by molar-refractivity contribution is 0.212. The summed E-state index contributed by atoms with van der Waals surface area (Å²) in [7, 11) is 0. The number of unbranched alkanes of at least 4 members (excludes halogenated alkanes) is 1. The highest BCUT2D eigenvalue weighted by atomic mass is 16.5. The van der Waals surface area contributed by atoms with Gasteiger partial charge in [0.2, 0.25) is 0 Å². The topological polar surface area (TPSA) is 21.3 Å². The van der Waals surface area contributed by atoms with E-state index in [4.69, 9.17) is 4.74 Å². The fourth-order valence-corrected chi connectivity index (χ4v) is 1.90. The number of ether oxygens (including phenoxy) is 1. The third-order valence-corrected chi connectivity index (χ3v) is 3.45. The lowest BCUT2D eigenvalue weighted by Crippen LogP contribution is -2.34. The van der Waals surface area contributed by atoms with Crippen LogP contribution in [0.3, 0.4) is 0 Å². The van der Waals surface area contributed by atoms with Crippen molar-refractivity contribution in [1.29, 1.82) is 0 Å². The van der Waals surface area contributed by atoms with Crippen LogP contribution in [-0.2, 0) is 6.42 Å². The van der Waals surface area contributed by atoms with Crippen LogP contribution in [0.2, 0.25) is 0 Å². The van der Waals surface area contributed by atoms with E-state index in [9.17, 15) is 0 Å². The summed E-state index contributed by atoms with van der Waals surface area (Å²) in [6, 6.07) is 9.09. The second-order valence-electron chi connectivity index (χ2n) is 5.39. The van der Waals surface area contributed by atoms with Crippen LogP contribution in [0.1, 0.15) is 52.5 Å². The Morgan fingerprint density at radius 1 is 1.11 bits per heavy atom. The van der Waals surface area contributed by atoms with Gasteiger partial charge in [-0.05, 0) is 50.8 Å². The van der Waals surface area contributed by atoms with Gasteiger partial charge in [0.05, 0.1) is 0 Å². The van der Waals surface area contributed by atoms with Gasteiger partial charge in [0, 0.05) is 12.6 Å². The van der Waals surface area contributed by atoms with E-state index in [1.54, 1.807) is 0 Å². The molecule has 0 amide bonds. The lowest BCUT2D eigenvalue weighted by Gasteiger charge is -2.18. The van der Waals surface area contributed by atoms with E-state index in [0.717, 1.165) is 18.7 Å². The maximum Gasteiger partial charge on any atom is 0.119 e. The van der Waals surface area contributed by atoms with Crippen LogP contribution in [0.4, 0.5) is 0 Å². The van der Waals surface area contributed by atoms with Gasteiger partial charge in [0.15, 0.2) is 0 Å². The van der Waals surface area contributed by atoms with Gasteiger partial charge >= 0.3 is 0 Å². The first-order valence-electron chi connectivity index (χ1n) is 7.64. The third-order valence-electron chi connectivity index (χ3n) is 3.45. The van der Waals surface area contributed by atoms with Crippen LogP contribution >= 0.6 is 0 Å². The highest BCUT2D eigenvalue weighted by Gasteiger charge is 2.05. The molecule has 0 aliphatic rings. The summed E-state index contributed by atoms with van der Waals surface area (Å²) in [5, 5.41) is 3.47. The van der Waals surface area contributed by atoms with E-state index < -0.39 is 0 Å². The molecule has 2 unspecified atom stereocenters. The molecule has 1 aromatic rings. The van der Waals surface area contributed by atoms with Crippen molar-refractivity contribution < 1.29 is 4.74 Å². The van der Waals surface area contributed by atoms with Crippen LogP contribution in [0.15, 0.2) is 24.3 Å². The van der Waals surface area contributed by atoms with Crippen molar-refractivity contribution >= 4 is 0 Å². The van der Waals surface area contributed by atoms with Crippen molar-refractivity contribution in [2.24, 2.45) is 0 Å². The number of aryl methyl sites for hydroxylation is 1. The Morgan fingerprint density at radius 3 is 2.37 bits per heavy atom. The SMILES string of the molecule is CCCCc1ccc(OC(C)CNC(C)CC)cc1. The zero-order chi connectivity index (χ0) is 14.1. The summed E-state index contributed by atoms with van der Waals surface area (Å²) in [6.07, 6.45) is 5.03. The monoisotopic (exact) mass is 263 g/mol. The van der Waals surface area contributed by atoms with Crippen LogP contribution in [0, 0.1) is 0 Å². The second kappa shape index (κ2) is 8.98. The Kier molecular flexibility index (Phi) is 7.57. The van der Waals surface area contributed by atoms with Crippen LogP contribution in [-0.4, -0.2) is 18.7 Å². The number of rotatable bonds is 9. The van der Waals surface area contributed by atoms with Crippen LogP contribution in [0.25, 0.3) is 0 Å². The van der Waals surface area contributed by atoms with Crippen molar-refractivity contribution in [1.82, 2.24) is 5.32 Å². The van der Waals surface area contributed by atoms with E-state index in [-0.39, 0.29) is 6.10 Å². The van der Waals surface area contributed by atoms with Gasteiger partial charge < -0.3 is 10.1 Å². The van der Waals surface area contributed by atoms with Gasteiger partial charge in [0.25, 0.3) is 0 Å². The molecule has 1 N–H and O–H groups in total. The number of nitrogens with one attached hydrogen (secondary N) is 1. The second-order valence-corrected chi connectivity index (χ2v) is 5.39. The van der Waals surface area contributed by atoms with Crippen molar-refractivity contribution in [3.63, 3.8) is 0 Å². The maximum atomic E-state index is 5.91. The zero-order valence-electron chi connectivity index (χ0n) is 12.9. The molecular formula is C17H29NO. The minimum Gasteiger partial charge on any atom is -0.489 e. The van der Waals surface area contributed by atoms with Gasteiger partial charge in [-0.3, -0.25) is 0 Å². The van der Waals surface area contributed by atoms with Crippen molar-refractivity contribution in [3.8, 4) is 5.75 Å². The largest absolute Gasteiger partial charge is 0.489 e. The molecule has 19 heavy (non-hydrogen) atoms. The number of hydrogen-bond donors (Lipinski definition) is 1. The lowest BCUT2D eigenvalue weighted by atomic mass is 10.1. The number of hydrogen-bond acceptors (Lipinski definition) is 2. The molecule has 0 spiro atoms. The predicted molar refractivity (Wildman–Crippen MR) is 82.9 cm³/mol. The smallest absolute Gasteiger partial charge is 0.119 e. The van der Waals surface area contributed by atoms with E-state index in [2.05, 4.69) is 57.3 Å². The standard InChI is InChI=1S/C17H29NO/c1-5-7-8-16-9-11-17(12-10-16)19-15(4)13-18-14(3)6-2/h9-12,14-15,18H,5-8,13H2,1-4H3. The molecule has 1 rings (SSSR count). The molecular weight excluding hydrogens is 234 g/mol. The van der Waals surface area contributed by atoms with Crippen molar-refractivity contribution in [2.75, 3.05) is 6.54 Å². The van der Waals surface area contributed by atoms with Gasteiger partial charge in [-0.15, -0.1) is 0 Å². The highest BCUT2D eigenvalue weighted by Crippen LogP contribution is 2.15. The molecule has 2 heteroatoms. The summed E-state index contributed by atoms with van der Waals surface area (Å²) in [6.45, 7) is 9.63. The molecule has 0 saturated carbocycles. The zero-order valence-corrected chi connectivity index (χ0v) is 12.9. The summed E-state index contributed by atoms with van der Waals surface area (Å²) < 4.78 is 5.91. The quantitative estimate of drug-likeness (QED) is 0.721. The molecule has 2 atom stereocenters. The summed E-state index contributed by atoms with van der Waals surface area (Å²) in [5.74, 6) is 0.971. The van der Waals surface area contributed by atoms with Gasteiger partial charge in [-0.25, -0.2) is 0 Å². The molecule has 1 aromatic carbocycles. The van der Waals surface area contributed by atoms with Gasteiger partial charge in [-0.2, -0.15) is 0 Å². The van der Waals surface area contributed by atoms with Crippen LogP contribution < -0.4 is 10.1 Å². The maximum absolute atomic E-state index is 5.91. The third kappa shape index (κ3) is 6.63. The highest BCUT2D eigenvalue weighted by molar-refractivity contribution is 5.27. The molecule has 0 aromatic heterocycles. The molecule has 0 radical (unpaired) electrons. The van der Waals surface area contributed by atoms with Crippen molar-refractivity contribution in [2.45, 2.75) is 65.5 Å².